The molecule has 1 aromatic rings. The lowest BCUT2D eigenvalue weighted by atomic mass is 10.2. The molecule has 0 nitrogen and oxygen atoms in total. The van der Waals surface area contributed by atoms with Gasteiger partial charge in [-0.05, 0) is 36.8 Å². The quantitative estimate of drug-likeness (QED) is 0.549. The van der Waals surface area contributed by atoms with Gasteiger partial charge in [-0.25, -0.2) is 0 Å². The van der Waals surface area contributed by atoms with Crippen LogP contribution >= 0.6 is 59.5 Å². The maximum Gasteiger partial charge on any atom is -0.00793 e. The molecule has 108 valence electrons. The smallest absolute Gasteiger partial charge is 0.00793 e. The Balaban J connectivity index is -0.0000000847. The van der Waals surface area contributed by atoms with E-state index in [2.05, 4.69) is 31.7 Å². The molecule has 1 rings (SSSR count). The molecule has 0 fully saturated rings. The van der Waals surface area contributed by atoms with Crippen LogP contribution < -0.4 is 0 Å². The minimum atomic E-state index is 0. The first-order chi connectivity index (χ1) is 8.26. The van der Waals surface area contributed by atoms with Gasteiger partial charge in [0.15, 0.2) is 0 Å². The van der Waals surface area contributed by atoms with Crippen LogP contribution in [0.3, 0.4) is 0 Å². The third-order valence-electron chi connectivity index (χ3n) is 1.20. The van der Waals surface area contributed by atoms with Gasteiger partial charge in [-0.15, -0.1) is 0 Å². The van der Waals surface area contributed by atoms with Crippen LogP contribution in [0.1, 0.15) is 5.56 Å². The number of thioether (sulfide) groups is 1. The number of benzene rings is 1. The highest BCUT2D eigenvalue weighted by Gasteiger charge is 1.75. The normalized spacial score (nSPS) is 6.78. The van der Waals surface area contributed by atoms with Crippen molar-refractivity contribution >= 4 is 65.6 Å². The van der Waals surface area contributed by atoms with Crippen molar-refractivity contribution in [3.8, 4) is 0 Å². The Hall–Kier alpha value is 0.710. The van der Waals surface area contributed by atoms with Crippen LogP contribution in [0.5, 0.6) is 0 Å². The van der Waals surface area contributed by atoms with E-state index in [-0.39, 0.29) is 13.5 Å². The average molecular weight is 343 g/mol. The molecule has 5 heteroatoms. The van der Waals surface area contributed by atoms with Gasteiger partial charge in [-0.2, -0.15) is 37.9 Å². The highest BCUT2D eigenvalue weighted by Crippen LogP contribution is 2.09. The zero-order valence-electron chi connectivity index (χ0n) is 11.8. The van der Waals surface area contributed by atoms with Gasteiger partial charge < -0.3 is 0 Å². The molecule has 0 radical (unpaired) electrons. The number of rotatable bonds is 2. The molecule has 0 aromatic heterocycles. The summed E-state index contributed by atoms with van der Waals surface area (Å²) in [7, 11) is 3.55. The van der Waals surface area contributed by atoms with Gasteiger partial charge in [0.25, 0.3) is 0 Å². The first-order valence-corrected chi connectivity index (χ1v) is 10.3. The second-order valence-corrected chi connectivity index (χ2v) is 5.84. The molecule has 0 N–H and O–H groups in total. The molecule has 0 spiro atoms. The molecular weight excluding hydrogens is 316 g/mol. The van der Waals surface area contributed by atoms with E-state index in [1.54, 1.807) is 39.6 Å². The van der Waals surface area contributed by atoms with Gasteiger partial charge in [0, 0.05) is 0 Å². The molecule has 0 aliphatic rings. The van der Waals surface area contributed by atoms with Gasteiger partial charge in [0.1, 0.15) is 0 Å². The summed E-state index contributed by atoms with van der Waals surface area (Å²) in [6, 6.07) is 10.0. The summed E-state index contributed by atoms with van der Waals surface area (Å²) in [6.07, 6.45) is 11.7. The Bertz CT molecular complexity index is 212. The van der Waals surface area contributed by atoms with E-state index in [0.29, 0.717) is 0 Å². The molecule has 0 heterocycles. The van der Waals surface area contributed by atoms with Crippen molar-refractivity contribution in [3.05, 3.63) is 42.5 Å². The molecule has 1 aromatic carbocycles. The van der Waals surface area contributed by atoms with Crippen molar-refractivity contribution in [2.24, 2.45) is 0 Å². The third kappa shape index (κ3) is 30.1. The minimum Gasteiger partial charge on any atom is -0.197 e. The van der Waals surface area contributed by atoms with Crippen LogP contribution in [0.25, 0.3) is 6.08 Å². The lowest BCUT2D eigenvalue weighted by molar-refractivity contribution is 1.67. The van der Waals surface area contributed by atoms with Crippen molar-refractivity contribution in [1.29, 1.82) is 0 Å². The molecule has 0 aliphatic carbocycles. The number of hydrogen-bond donors (Lipinski definition) is 1. The zero-order valence-corrected chi connectivity index (χ0v) is 16.2. The molecule has 0 unspecified atom stereocenters. The molecule has 0 saturated heterocycles. The largest absolute Gasteiger partial charge is 0.197 e. The van der Waals surface area contributed by atoms with Crippen molar-refractivity contribution in [2.75, 3.05) is 31.3 Å². The Kier molecular flexibility index (Phi) is 46.1. The third-order valence-corrected chi connectivity index (χ3v) is 2.54. The predicted octanol–water partition coefficient (Wildman–Crippen LogP) is 5.60. The molecule has 0 aliphatic heterocycles. The van der Waals surface area contributed by atoms with Crippen LogP contribution in [-0.4, -0.2) is 31.3 Å². The molecule has 18 heavy (non-hydrogen) atoms. The first-order valence-electron chi connectivity index (χ1n) is 4.85. The monoisotopic (exact) mass is 342 g/mol. The van der Waals surface area contributed by atoms with Crippen molar-refractivity contribution in [3.63, 3.8) is 0 Å². The summed E-state index contributed by atoms with van der Waals surface area (Å²) in [6.45, 7) is 3.63. The minimum absolute atomic E-state index is 0. The van der Waals surface area contributed by atoms with Gasteiger partial charge in [-0.3, -0.25) is 0 Å². The van der Waals surface area contributed by atoms with E-state index in [1.165, 1.54) is 5.56 Å². The Morgan fingerprint density at radius 1 is 0.944 bits per heavy atom. The summed E-state index contributed by atoms with van der Waals surface area (Å²) in [5.74, 6) is 0. The van der Waals surface area contributed by atoms with Crippen molar-refractivity contribution < 1.29 is 0 Å². The Morgan fingerprint density at radius 2 is 1.28 bits per heavy atom. The SMILES string of the molecule is C=Cc1ccccc1.CS.CSC.CSSC.S. The van der Waals surface area contributed by atoms with E-state index in [0.717, 1.165) is 0 Å². The number of hydrogen-bond acceptors (Lipinski definition) is 4. The summed E-state index contributed by atoms with van der Waals surface area (Å²) in [5, 5.41) is 0. The summed E-state index contributed by atoms with van der Waals surface area (Å²) in [5.41, 5.74) is 1.17. The van der Waals surface area contributed by atoms with Gasteiger partial charge in [0.2, 0.25) is 0 Å². The molecule has 0 saturated carbocycles. The Morgan fingerprint density at radius 3 is 1.44 bits per heavy atom. The van der Waals surface area contributed by atoms with Crippen LogP contribution in [-0.2, 0) is 0 Å². The second kappa shape index (κ2) is 30.6. The van der Waals surface area contributed by atoms with Crippen molar-refractivity contribution in [2.45, 2.75) is 0 Å². The highest BCUT2D eigenvalue weighted by molar-refractivity contribution is 8.76. The lowest BCUT2D eigenvalue weighted by Crippen LogP contribution is -1.63. The fraction of sp³-hybridized carbons (Fsp3) is 0.385. The van der Waals surface area contributed by atoms with Crippen LogP contribution in [0.2, 0.25) is 0 Å². The predicted molar refractivity (Wildman–Crippen MR) is 108 cm³/mol. The fourth-order valence-electron chi connectivity index (χ4n) is 0.589. The molecule has 0 amide bonds. The standard InChI is InChI=1S/C8H8.C2H6S2.C2H6S.CH4S.H2S/c1-2-8-6-4-3-5-7-8;1-3-4-2;1-3-2;1-2;/h2-7H,1H2;1-2H3;1-2H3;2H,1H3;1H2. The maximum absolute atomic E-state index is 3.63. The molecule has 0 atom stereocenters. The van der Waals surface area contributed by atoms with Gasteiger partial charge in [-0.1, -0.05) is 64.6 Å². The van der Waals surface area contributed by atoms with Crippen LogP contribution in [0.15, 0.2) is 36.9 Å². The van der Waals surface area contributed by atoms with Gasteiger partial charge in [0.05, 0.1) is 0 Å². The maximum atomic E-state index is 3.63. The lowest BCUT2D eigenvalue weighted by Gasteiger charge is -1.85. The second-order valence-electron chi connectivity index (χ2n) is 2.36. The molecular formula is C13H26S5. The molecule has 0 bridgehead atoms. The van der Waals surface area contributed by atoms with E-state index < -0.39 is 0 Å². The zero-order chi connectivity index (χ0) is 13.9. The summed E-state index contributed by atoms with van der Waals surface area (Å²) >= 11 is 5.28. The van der Waals surface area contributed by atoms with E-state index in [9.17, 15) is 0 Å². The highest BCUT2D eigenvalue weighted by atomic mass is 33.1. The van der Waals surface area contributed by atoms with E-state index >= 15 is 0 Å². The topological polar surface area (TPSA) is 0 Å². The fourth-order valence-corrected chi connectivity index (χ4v) is 0.589. The van der Waals surface area contributed by atoms with Crippen LogP contribution in [0.4, 0.5) is 0 Å². The average Bonchev–Trinajstić information content (AvgIpc) is 2.43. The summed E-state index contributed by atoms with van der Waals surface area (Å²) in [4.78, 5) is 0. The Labute approximate surface area is 138 Å². The first kappa shape index (κ1) is 27.1. The number of thiol groups is 1. The van der Waals surface area contributed by atoms with E-state index in [4.69, 9.17) is 0 Å². The van der Waals surface area contributed by atoms with Crippen LogP contribution in [0, 0.1) is 0 Å². The van der Waals surface area contributed by atoms with E-state index in [1.807, 2.05) is 48.9 Å². The summed E-state index contributed by atoms with van der Waals surface area (Å²) < 4.78 is 0. The van der Waals surface area contributed by atoms with Crippen molar-refractivity contribution in [1.82, 2.24) is 0 Å². The van der Waals surface area contributed by atoms with Gasteiger partial charge >= 0.3 is 0 Å².